The van der Waals surface area contributed by atoms with Crippen LogP contribution in [0.15, 0.2) is 42.5 Å². The number of carbonyl (C=O) groups excluding carboxylic acids is 1. The number of nitrogens with zero attached hydrogens (tertiary/aromatic N) is 1. The van der Waals surface area contributed by atoms with Crippen LogP contribution in [0.1, 0.15) is 64.7 Å². The highest BCUT2D eigenvalue weighted by atomic mass is 32.2. The molecule has 0 spiro atoms. The van der Waals surface area contributed by atoms with Gasteiger partial charge in [-0.05, 0) is 47.7 Å². The standard InChI is InChI=1S/C25H30N2O6S/c1-34(31,32)26-19-8-4-5-9-20(19)27-23(16-10-11-21-15(14-16)12-13-33-21)22(25(29)30)17-6-2-3-7-18(17)24(27)28/h2-3,6-7,10-11,14,19-20,22-23,25-26,29-30H,4-5,8-9,12-13H2,1H3. The Morgan fingerprint density at radius 3 is 2.65 bits per heavy atom. The Kier molecular flexibility index (Phi) is 6.14. The van der Waals surface area contributed by atoms with Crippen molar-refractivity contribution in [1.82, 2.24) is 9.62 Å². The molecule has 1 aliphatic carbocycles. The summed E-state index contributed by atoms with van der Waals surface area (Å²) in [5, 5.41) is 21.2. The van der Waals surface area contributed by atoms with Crippen molar-refractivity contribution in [2.75, 3.05) is 12.9 Å². The molecule has 2 aliphatic heterocycles. The molecule has 182 valence electrons. The average Bonchev–Trinajstić information content (AvgIpc) is 3.26. The molecule has 1 fully saturated rings. The van der Waals surface area contributed by atoms with Crippen LogP contribution in [-0.2, 0) is 16.4 Å². The van der Waals surface area contributed by atoms with E-state index in [2.05, 4.69) is 4.72 Å². The summed E-state index contributed by atoms with van der Waals surface area (Å²) >= 11 is 0. The van der Waals surface area contributed by atoms with Gasteiger partial charge < -0.3 is 19.8 Å². The number of hydrogen-bond acceptors (Lipinski definition) is 6. The molecule has 0 aromatic heterocycles. The number of aliphatic hydroxyl groups excluding tert-OH is 1. The van der Waals surface area contributed by atoms with Crippen LogP contribution >= 0.6 is 0 Å². The van der Waals surface area contributed by atoms with Crippen LogP contribution < -0.4 is 9.46 Å². The van der Waals surface area contributed by atoms with Crippen molar-refractivity contribution < 1.29 is 28.2 Å². The van der Waals surface area contributed by atoms with Crippen molar-refractivity contribution in [3.8, 4) is 5.75 Å². The van der Waals surface area contributed by atoms with E-state index in [4.69, 9.17) is 4.74 Å². The number of amides is 1. The van der Waals surface area contributed by atoms with Crippen LogP contribution in [0.2, 0.25) is 0 Å². The Labute approximate surface area is 199 Å². The first kappa shape index (κ1) is 23.3. The first-order valence-electron chi connectivity index (χ1n) is 11.8. The molecular weight excluding hydrogens is 456 g/mol. The van der Waals surface area contributed by atoms with Crippen LogP contribution in [0, 0.1) is 0 Å². The molecule has 1 amide bonds. The van der Waals surface area contributed by atoms with E-state index in [1.807, 2.05) is 18.2 Å². The van der Waals surface area contributed by atoms with Crippen LogP contribution in [0.3, 0.4) is 0 Å². The largest absolute Gasteiger partial charge is 0.493 e. The smallest absolute Gasteiger partial charge is 0.254 e. The molecule has 0 saturated heterocycles. The molecule has 0 radical (unpaired) electrons. The molecule has 9 heteroatoms. The summed E-state index contributed by atoms with van der Waals surface area (Å²) in [5.41, 5.74) is 2.81. The molecule has 4 unspecified atom stereocenters. The van der Waals surface area contributed by atoms with Gasteiger partial charge in [-0.1, -0.05) is 37.1 Å². The van der Waals surface area contributed by atoms with Gasteiger partial charge in [0.25, 0.3) is 5.91 Å². The van der Waals surface area contributed by atoms with Crippen molar-refractivity contribution in [3.05, 3.63) is 64.7 Å². The maximum absolute atomic E-state index is 14.0. The van der Waals surface area contributed by atoms with E-state index < -0.39 is 40.4 Å². The lowest BCUT2D eigenvalue weighted by Gasteiger charge is -2.49. The lowest BCUT2D eigenvalue weighted by atomic mass is 9.76. The van der Waals surface area contributed by atoms with E-state index in [1.54, 1.807) is 29.2 Å². The molecule has 2 heterocycles. The van der Waals surface area contributed by atoms with Gasteiger partial charge in [-0.2, -0.15) is 0 Å². The Morgan fingerprint density at radius 2 is 1.88 bits per heavy atom. The van der Waals surface area contributed by atoms with Gasteiger partial charge in [-0.25, -0.2) is 13.1 Å². The number of nitrogens with one attached hydrogen (secondary N) is 1. The highest BCUT2D eigenvalue weighted by Gasteiger charge is 2.48. The molecule has 34 heavy (non-hydrogen) atoms. The third kappa shape index (κ3) is 4.22. The molecule has 0 bridgehead atoms. The van der Waals surface area contributed by atoms with Gasteiger partial charge in [-0.15, -0.1) is 0 Å². The predicted octanol–water partition coefficient (Wildman–Crippen LogP) is 2.07. The maximum atomic E-state index is 14.0. The summed E-state index contributed by atoms with van der Waals surface area (Å²) < 4.78 is 32.7. The van der Waals surface area contributed by atoms with Gasteiger partial charge >= 0.3 is 0 Å². The Bertz CT molecular complexity index is 1200. The quantitative estimate of drug-likeness (QED) is 0.558. The van der Waals surface area contributed by atoms with Crippen LogP contribution in [-0.4, -0.2) is 60.7 Å². The molecule has 2 aromatic carbocycles. The molecule has 8 nitrogen and oxygen atoms in total. The zero-order chi connectivity index (χ0) is 24.0. The predicted molar refractivity (Wildman–Crippen MR) is 126 cm³/mol. The van der Waals surface area contributed by atoms with Gasteiger partial charge in [0.15, 0.2) is 6.29 Å². The summed E-state index contributed by atoms with van der Waals surface area (Å²) in [7, 11) is -3.50. The van der Waals surface area contributed by atoms with Gasteiger partial charge in [0.05, 0.1) is 24.8 Å². The van der Waals surface area contributed by atoms with Crippen molar-refractivity contribution >= 4 is 15.9 Å². The summed E-state index contributed by atoms with van der Waals surface area (Å²) in [5.74, 6) is -0.204. The fourth-order valence-corrected chi connectivity index (χ4v) is 6.71. The number of benzene rings is 2. The number of rotatable bonds is 5. The van der Waals surface area contributed by atoms with Crippen LogP contribution in [0.5, 0.6) is 5.75 Å². The molecule has 4 atom stereocenters. The van der Waals surface area contributed by atoms with Gasteiger partial charge in [0.2, 0.25) is 10.0 Å². The van der Waals surface area contributed by atoms with Crippen molar-refractivity contribution in [1.29, 1.82) is 0 Å². The van der Waals surface area contributed by atoms with Gasteiger partial charge in [-0.3, -0.25) is 4.79 Å². The minimum absolute atomic E-state index is 0.221. The SMILES string of the molecule is CS(=O)(=O)NC1CCCCC1N1C(=O)c2ccccc2C(C(O)O)C1c1ccc2c(c1)CCO2. The zero-order valence-corrected chi connectivity index (χ0v) is 19.9. The first-order valence-corrected chi connectivity index (χ1v) is 13.6. The molecule has 3 N–H and O–H groups in total. The molecular formula is C25H30N2O6S. The van der Waals surface area contributed by atoms with Crippen molar-refractivity contribution in [2.24, 2.45) is 0 Å². The number of hydrogen-bond donors (Lipinski definition) is 3. The average molecular weight is 487 g/mol. The van der Waals surface area contributed by atoms with E-state index >= 15 is 0 Å². The lowest BCUT2D eigenvalue weighted by Crippen LogP contribution is -2.58. The number of aliphatic hydroxyl groups is 2. The first-order chi connectivity index (χ1) is 16.2. The fourth-order valence-electron chi connectivity index (χ4n) is 5.89. The Balaban J connectivity index is 1.67. The highest BCUT2D eigenvalue weighted by Crippen LogP contribution is 2.47. The Morgan fingerprint density at radius 1 is 1.12 bits per heavy atom. The van der Waals surface area contributed by atoms with Crippen LogP contribution in [0.4, 0.5) is 0 Å². The second-order valence-corrected chi connectivity index (χ2v) is 11.3. The number of sulfonamides is 1. The highest BCUT2D eigenvalue weighted by molar-refractivity contribution is 7.88. The van der Waals surface area contributed by atoms with Gasteiger partial charge in [0.1, 0.15) is 5.75 Å². The number of fused-ring (bicyclic) bond motifs is 2. The van der Waals surface area contributed by atoms with E-state index in [1.165, 1.54) is 0 Å². The minimum Gasteiger partial charge on any atom is -0.493 e. The van der Waals surface area contributed by atoms with E-state index in [0.717, 1.165) is 42.4 Å². The van der Waals surface area contributed by atoms with E-state index in [9.17, 15) is 23.4 Å². The number of carbonyl (C=O) groups is 1. The van der Waals surface area contributed by atoms with Crippen molar-refractivity contribution in [2.45, 2.75) is 62.4 Å². The lowest BCUT2D eigenvalue weighted by molar-refractivity contribution is -0.0858. The fraction of sp³-hybridized carbons (Fsp3) is 0.480. The second kappa shape index (κ2) is 8.96. The molecule has 5 rings (SSSR count). The third-order valence-corrected chi connectivity index (χ3v) is 7.98. The van der Waals surface area contributed by atoms with Crippen molar-refractivity contribution in [3.63, 3.8) is 0 Å². The zero-order valence-electron chi connectivity index (χ0n) is 19.1. The molecule has 1 saturated carbocycles. The topological polar surface area (TPSA) is 116 Å². The molecule has 2 aromatic rings. The van der Waals surface area contributed by atoms with E-state index in [-0.39, 0.29) is 5.91 Å². The summed E-state index contributed by atoms with van der Waals surface area (Å²) in [6.07, 6.45) is 3.11. The normalized spacial score (nSPS) is 26.8. The second-order valence-electron chi connectivity index (χ2n) is 9.50. The minimum atomic E-state index is -3.50. The monoisotopic (exact) mass is 486 g/mol. The summed E-state index contributed by atoms with van der Waals surface area (Å²) in [4.78, 5) is 15.7. The summed E-state index contributed by atoms with van der Waals surface area (Å²) in [6.45, 7) is 0.587. The van der Waals surface area contributed by atoms with Gasteiger partial charge in [0, 0.05) is 24.1 Å². The number of ether oxygens (including phenoxy) is 1. The maximum Gasteiger partial charge on any atom is 0.254 e. The Hall–Kier alpha value is -2.46. The molecule has 3 aliphatic rings. The summed E-state index contributed by atoms with van der Waals surface area (Å²) in [6, 6.07) is 11.2. The van der Waals surface area contributed by atoms with Crippen LogP contribution in [0.25, 0.3) is 0 Å². The third-order valence-electron chi connectivity index (χ3n) is 7.25. The van der Waals surface area contributed by atoms with E-state index in [0.29, 0.717) is 30.6 Å².